The van der Waals surface area contributed by atoms with E-state index in [9.17, 15) is 13.5 Å². The van der Waals surface area contributed by atoms with Gasteiger partial charge in [-0.3, -0.25) is 4.72 Å². The first-order valence-corrected chi connectivity index (χ1v) is 11.6. The van der Waals surface area contributed by atoms with Gasteiger partial charge in [0.15, 0.2) is 5.82 Å². The third-order valence-corrected chi connectivity index (χ3v) is 6.41. The number of aryl methyl sites for hydroxylation is 1. The third kappa shape index (κ3) is 5.24. The lowest BCUT2D eigenvalue weighted by Crippen LogP contribution is -2.22. The topological polar surface area (TPSA) is 122 Å². The van der Waals surface area contributed by atoms with E-state index >= 15 is 0 Å². The monoisotopic (exact) mass is 457 g/mol. The minimum absolute atomic E-state index is 0.00414. The van der Waals surface area contributed by atoms with Gasteiger partial charge in [-0.2, -0.15) is 0 Å². The number of ether oxygens (including phenoxy) is 1. The number of hydrogen-bond acceptors (Lipinski definition) is 7. The molecule has 0 amide bonds. The van der Waals surface area contributed by atoms with Crippen LogP contribution in [0.15, 0.2) is 59.8 Å². The number of aliphatic hydroxyl groups excluding tert-OH is 2. The van der Waals surface area contributed by atoms with Crippen LogP contribution in [0, 0.1) is 6.92 Å². The zero-order valence-corrected chi connectivity index (χ0v) is 19.1. The maximum Gasteiger partial charge on any atom is 0.263 e. The fourth-order valence-corrected chi connectivity index (χ4v) is 4.06. The fraction of sp³-hybridized carbons (Fsp3) is 0.304. The molecule has 2 aromatic carbocycles. The minimum Gasteiger partial charge on any atom is -0.475 e. The number of hydrogen-bond donors (Lipinski definition) is 3. The summed E-state index contributed by atoms with van der Waals surface area (Å²) >= 11 is 0. The van der Waals surface area contributed by atoms with Crippen LogP contribution in [-0.2, 0) is 15.4 Å². The van der Waals surface area contributed by atoms with Crippen molar-refractivity contribution in [2.75, 3.05) is 24.5 Å². The Morgan fingerprint density at radius 3 is 2.25 bits per heavy atom. The van der Waals surface area contributed by atoms with Crippen LogP contribution >= 0.6 is 0 Å². The predicted octanol–water partition coefficient (Wildman–Crippen LogP) is 2.89. The van der Waals surface area contributed by atoms with E-state index in [1.165, 1.54) is 18.5 Å². The highest BCUT2D eigenvalue weighted by atomic mass is 32.2. The minimum atomic E-state index is -3.97. The van der Waals surface area contributed by atoms with Gasteiger partial charge in [-0.15, -0.1) is 0 Å². The zero-order chi connectivity index (χ0) is 23.4. The van der Waals surface area contributed by atoms with Crippen molar-refractivity contribution in [2.24, 2.45) is 0 Å². The van der Waals surface area contributed by atoms with Gasteiger partial charge in [-0.05, 0) is 30.2 Å². The second-order valence-corrected chi connectivity index (χ2v) is 9.69. The Kier molecular flexibility index (Phi) is 7.12. The number of aromatic nitrogens is 2. The molecule has 0 unspecified atom stereocenters. The van der Waals surface area contributed by atoms with E-state index < -0.39 is 15.4 Å². The molecule has 0 radical (unpaired) electrons. The normalized spacial score (nSPS) is 11.9. The van der Waals surface area contributed by atoms with E-state index in [0.717, 1.165) is 11.1 Å². The fourth-order valence-electron chi connectivity index (χ4n) is 3.04. The summed E-state index contributed by atoms with van der Waals surface area (Å²) < 4.78 is 34.3. The van der Waals surface area contributed by atoms with E-state index in [0.29, 0.717) is 11.1 Å². The number of rotatable bonds is 9. The molecule has 0 saturated heterocycles. The van der Waals surface area contributed by atoms with Crippen LogP contribution in [0.4, 0.5) is 5.82 Å². The molecule has 1 heterocycles. The van der Waals surface area contributed by atoms with Crippen LogP contribution < -0.4 is 9.46 Å². The maximum absolute atomic E-state index is 13.1. The van der Waals surface area contributed by atoms with Crippen molar-refractivity contribution in [2.45, 2.75) is 31.1 Å². The van der Waals surface area contributed by atoms with Gasteiger partial charge in [0, 0.05) is 5.41 Å². The summed E-state index contributed by atoms with van der Waals surface area (Å²) in [6.45, 7) is 5.42. The first kappa shape index (κ1) is 23.6. The molecule has 1 aromatic heterocycles. The molecule has 3 aromatic rings. The Labute approximate surface area is 188 Å². The first-order valence-electron chi connectivity index (χ1n) is 10.1. The number of anilines is 1. The highest BCUT2D eigenvalue weighted by Crippen LogP contribution is 2.35. The Hall–Kier alpha value is -3.01. The van der Waals surface area contributed by atoms with Gasteiger partial charge >= 0.3 is 0 Å². The standard InChI is InChI=1S/C23H27N3O5S/c1-16-4-6-17(7-5-16)20-21(24-15-25-22(20)31-13-12-27)26-32(29,30)19-10-8-18(9-11-19)23(2,3)14-28/h4-11,15,27-28H,12-14H2,1-3H3,(H,24,25,26). The molecule has 0 atom stereocenters. The molecule has 0 aliphatic heterocycles. The Morgan fingerprint density at radius 2 is 1.66 bits per heavy atom. The number of sulfonamides is 1. The molecule has 0 aliphatic carbocycles. The summed E-state index contributed by atoms with van der Waals surface area (Å²) in [5.74, 6) is 0.229. The average Bonchev–Trinajstić information content (AvgIpc) is 2.78. The SMILES string of the molecule is Cc1ccc(-c2c(NS(=O)(=O)c3ccc(C(C)(C)CO)cc3)ncnc2OCCO)cc1. The first-order chi connectivity index (χ1) is 15.2. The van der Waals surface area contributed by atoms with Crippen LogP contribution in [-0.4, -0.2) is 48.4 Å². The Bertz CT molecular complexity index is 1160. The molecule has 0 fully saturated rings. The van der Waals surface area contributed by atoms with Gasteiger partial charge < -0.3 is 14.9 Å². The Morgan fingerprint density at radius 1 is 1.00 bits per heavy atom. The summed E-state index contributed by atoms with van der Waals surface area (Å²) in [6, 6.07) is 13.8. The summed E-state index contributed by atoms with van der Waals surface area (Å²) in [5, 5.41) is 18.7. The van der Waals surface area contributed by atoms with Crippen LogP contribution in [0.1, 0.15) is 25.0 Å². The van der Waals surface area contributed by atoms with E-state index in [2.05, 4.69) is 14.7 Å². The van der Waals surface area contributed by atoms with E-state index in [1.54, 1.807) is 12.1 Å². The molecule has 32 heavy (non-hydrogen) atoms. The second-order valence-electron chi connectivity index (χ2n) is 8.01. The lowest BCUT2D eigenvalue weighted by Gasteiger charge is -2.22. The van der Waals surface area contributed by atoms with Crippen molar-refractivity contribution in [3.05, 3.63) is 66.0 Å². The molecule has 8 nitrogen and oxygen atoms in total. The lowest BCUT2D eigenvalue weighted by atomic mass is 9.86. The van der Waals surface area contributed by atoms with Gasteiger partial charge in [0.1, 0.15) is 12.9 Å². The van der Waals surface area contributed by atoms with Crippen LogP contribution in [0.25, 0.3) is 11.1 Å². The van der Waals surface area contributed by atoms with Gasteiger partial charge in [-0.25, -0.2) is 18.4 Å². The molecule has 170 valence electrons. The number of nitrogens with zero attached hydrogens (tertiary/aromatic N) is 2. The van der Waals surface area contributed by atoms with Crippen molar-refractivity contribution in [1.29, 1.82) is 0 Å². The summed E-state index contributed by atoms with van der Waals surface area (Å²) in [5.41, 5.74) is 2.42. The molecule has 3 N–H and O–H groups in total. The lowest BCUT2D eigenvalue weighted by molar-refractivity contribution is 0.197. The highest BCUT2D eigenvalue weighted by molar-refractivity contribution is 7.92. The Balaban J connectivity index is 2.01. The van der Waals surface area contributed by atoms with Crippen molar-refractivity contribution >= 4 is 15.8 Å². The third-order valence-electron chi connectivity index (χ3n) is 5.06. The molecule has 9 heteroatoms. The number of benzene rings is 2. The van der Waals surface area contributed by atoms with Gasteiger partial charge in [-0.1, -0.05) is 55.8 Å². The quantitative estimate of drug-likeness (QED) is 0.452. The molecule has 0 bridgehead atoms. The molecular formula is C23H27N3O5S. The molecule has 0 aliphatic rings. The van der Waals surface area contributed by atoms with Crippen molar-refractivity contribution in [3.63, 3.8) is 0 Å². The number of aliphatic hydroxyl groups is 2. The predicted molar refractivity (Wildman–Crippen MR) is 122 cm³/mol. The molecule has 3 rings (SSSR count). The van der Waals surface area contributed by atoms with E-state index in [4.69, 9.17) is 9.84 Å². The van der Waals surface area contributed by atoms with Crippen LogP contribution in [0.5, 0.6) is 5.88 Å². The van der Waals surface area contributed by atoms with E-state index in [-0.39, 0.29) is 36.4 Å². The van der Waals surface area contributed by atoms with Crippen LogP contribution in [0.3, 0.4) is 0 Å². The smallest absolute Gasteiger partial charge is 0.263 e. The molecule has 0 saturated carbocycles. The molecule has 0 spiro atoms. The van der Waals surface area contributed by atoms with Crippen molar-refractivity contribution in [3.8, 4) is 17.0 Å². The summed E-state index contributed by atoms with van der Waals surface area (Å²) in [7, 11) is -3.97. The van der Waals surface area contributed by atoms with Gasteiger partial charge in [0.05, 0.1) is 23.7 Å². The van der Waals surface area contributed by atoms with E-state index in [1.807, 2.05) is 45.0 Å². The van der Waals surface area contributed by atoms with Crippen LogP contribution in [0.2, 0.25) is 0 Å². The maximum atomic E-state index is 13.1. The van der Waals surface area contributed by atoms with Gasteiger partial charge in [0.25, 0.3) is 10.0 Å². The van der Waals surface area contributed by atoms with Gasteiger partial charge in [0.2, 0.25) is 5.88 Å². The average molecular weight is 458 g/mol. The summed E-state index contributed by atoms with van der Waals surface area (Å²) in [6.07, 6.45) is 1.20. The zero-order valence-electron chi connectivity index (χ0n) is 18.2. The highest BCUT2D eigenvalue weighted by Gasteiger charge is 2.23. The second kappa shape index (κ2) is 9.64. The van der Waals surface area contributed by atoms with Crippen molar-refractivity contribution < 1.29 is 23.4 Å². The molecular weight excluding hydrogens is 430 g/mol. The summed E-state index contributed by atoms with van der Waals surface area (Å²) in [4.78, 5) is 8.33. The number of nitrogens with one attached hydrogen (secondary N) is 1. The largest absolute Gasteiger partial charge is 0.475 e. The van der Waals surface area contributed by atoms with Crippen molar-refractivity contribution in [1.82, 2.24) is 9.97 Å².